The van der Waals surface area contributed by atoms with Crippen molar-refractivity contribution in [2.24, 2.45) is 0 Å². The molecule has 0 aliphatic heterocycles. The van der Waals surface area contributed by atoms with Crippen LogP contribution in [0.1, 0.15) is 33.4 Å². The van der Waals surface area contributed by atoms with E-state index in [1.807, 2.05) is 12.1 Å². The first-order chi connectivity index (χ1) is 16.0. The van der Waals surface area contributed by atoms with Gasteiger partial charge in [-0.15, -0.1) is 0 Å². The largest absolute Gasteiger partial charge is 0.496 e. The number of aromatic nitrogens is 2. The maximum absolute atomic E-state index is 13.1. The summed E-state index contributed by atoms with van der Waals surface area (Å²) in [6.07, 6.45) is -0.915. The standard InChI is InChI=1S/C26H22N4O3/c1-17-14-23(30(29-17)21-11-7-9-19(16-21)27-2)26(32)28-20-10-6-8-18(15-20)25(31)22-12-4-5-13-24(22)33-3/h4-16,25,31H,1,3H3,(H,28,32). The van der Waals surface area contributed by atoms with Crippen molar-refractivity contribution < 1.29 is 14.6 Å². The maximum Gasteiger partial charge on any atom is 0.274 e. The summed E-state index contributed by atoms with van der Waals surface area (Å²) in [7, 11) is 1.56. The van der Waals surface area contributed by atoms with Gasteiger partial charge in [-0.1, -0.05) is 42.5 Å². The van der Waals surface area contributed by atoms with Gasteiger partial charge in [0.2, 0.25) is 0 Å². The molecule has 1 atom stereocenters. The number of benzene rings is 3. The van der Waals surface area contributed by atoms with Crippen LogP contribution in [0.4, 0.5) is 11.4 Å². The van der Waals surface area contributed by atoms with Crippen molar-refractivity contribution in [1.82, 2.24) is 9.78 Å². The number of rotatable bonds is 6. The Labute approximate surface area is 191 Å². The Morgan fingerprint density at radius 1 is 1.09 bits per heavy atom. The third-order valence-corrected chi connectivity index (χ3v) is 5.16. The summed E-state index contributed by atoms with van der Waals surface area (Å²) in [6, 6.07) is 22.9. The van der Waals surface area contributed by atoms with Crippen LogP contribution in [-0.2, 0) is 0 Å². The SMILES string of the molecule is [C-]#[N+]c1cccc(-n2nc(C)cc2C(=O)Nc2cccc(C(O)c3ccccc3OC)c2)c1. The van der Waals surface area contributed by atoms with Crippen molar-refractivity contribution in [3.8, 4) is 11.4 Å². The number of carbonyl (C=O) groups excluding carboxylic acids is 1. The van der Waals surface area contributed by atoms with E-state index in [2.05, 4.69) is 15.3 Å². The smallest absolute Gasteiger partial charge is 0.274 e. The predicted molar refractivity (Wildman–Crippen MR) is 126 cm³/mol. The molecule has 1 amide bonds. The van der Waals surface area contributed by atoms with E-state index in [1.165, 1.54) is 4.68 Å². The molecule has 164 valence electrons. The molecule has 4 aromatic rings. The Balaban J connectivity index is 1.61. The van der Waals surface area contributed by atoms with Crippen LogP contribution in [0.3, 0.4) is 0 Å². The number of methoxy groups -OCH3 is 1. The van der Waals surface area contributed by atoms with Gasteiger partial charge in [-0.2, -0.15) is 5.10 Å². The highest BCUT2D eigenvalue weighted by Crippen LogP contribution is 2.31. The van der Waals surface area contributed by atoms with Crippen LogP contribution in [0, 0.1) is 13.5 Å². The number of aliphatic hydroxyl groups excluding tert-OH is 1. The van der Waals surface area contributed by atoms with Crippen LogP contribution < -0.4 is 10.1 Å². The molecule has 0 fully saturated rings. The number of para-hydroxylation sites is 1. The van der Waals surface area contributed by atoms with E-state index in [-0.39, 0.29) is 5.91 Å². The van der Waals surface area contributed by atoms with E-state index >= 15 is 0 Å². The zero-order chi connectivity index (χ0) is 23.4. The summed E-state index contributed by atoms with van der Waals surface area (Å²) in [5, 5.41) is 18.2. The monoisotopic (exact) mass is 438 g/mol. The summed E-state index contributed by atoms with van der Waals surface area (Å²) >= 11 is 0. The van der Waals surface area contributed by atoms with Gasteiger partial charge in [-0.25, -0.2) is 9.53 Å². The fourth-order valence-electron chi connectivity index (χ4n) is 3.61. The molecule has 0 radical (unpaired) electrons. The summed E-state index contributed by atoms with van der Waals surface area (Å²) < 4.78 is 6.88. The van der Waals surface area contributed by atoms with Gasteiger partial charge in [0, 0.05) is 11.3 Å². The molecule has 7 nitrogen and oxygen atoms in total. The average Bonchev–Trinajstić information content (AvgIpc) is 3.25. The maximum atomic E-state index is 13.1. The lowest BCUT2D eigenvalue weighted by Gasteiger charge is -2.16. The Bertz CT molecular complexity index is 1350. The van der Waals surface area contributed by atoms with E-state index in [0.29, 0.717) is 45.3 Å². The van der Waals surface area contributed by atoms with E-state index in [1.54, 1.807) is 80.8 Å². The normalized spacial score (nSPS) is 11.5. The van der Waals surface area contributed by atoms with Gasteiger partial charge in [0.05, 0.1) is 25.1 Å². The molecule has 0 bridgehead atoms. The number of anilines is 1. The van der Waals surface area contributed by atoms with Crippen LogP contribution in [0.15, 0.2) is 78.9 Å². The molecular formula is C26H22N4O3. The number of nitrogens with zero attached hydrogens (tertiary/aromatic N) is 3. The van der Waals surface area contributed by atoms with Crippen LogP contribution in [0.2, 0.25) is 0 Å². The van der Waals surface area contributed by atoms with Gasteiger partial charge >= 0.3 is 0 Å². The summed E-state index contributed by atoms with van der Waals surface area (Å²) in [5.74, 6) is 0.230. The van der Waals surface area contributed by atoms with E-state index in [4.69, 9.17) is 11.3 Å². The molecule has 33 heavy (non-hydrogen) atoms. The van der Waals surface area contributed by atoms with Crippen LogP contribution >= 0.6 is 0 Å². The molecule has 0 saturated carbocycles. The van der Waals surface area contributed by atoms with Gasteiger partial charge in [0.15, 0.2) is 5.69 Å². The summed E-state index contributed by atoms with van der Waals surface area (Å²) in [6.45, 7) is 9.03. The summed E-state index contributed by atoms with van der Waals surface area (Å²) in [5.41, 5.74) is 3.89. The lowest BCUT2D eigenvalue weighted by Crippen LogP contribution is -2.17. The van der Waals surface area contributed by atoms with Gasteiger partial charge < -0.3 is 15.2 Å². The van der Waals surface area contributed by atoms with E-state index < -0.39 is 6.10 Å². The van der Waals surface area contributed by atoms with Crippen molar-refractivity contribution in [2.75, 3.05) is 12.4 Å². The zero-order valence-corrected chi connectivity index (χ0v) is 18.2. The second kappa shape index (κ2) is 9.39. The Kier molecular flexibility index (Phi) is 6.20. The van der Waals surface area contributed by atoms with Gasteiger partial charge in [0.1, 0.15) is 17.5 Å². The highest BCUT2D eigenvalue weighted by molar-refractivity contribution is 6.03. The number of aliphatic hydroxyl groups is 1. The number of aryl methyl sites for hydroxylation is 1. The van der Waals surface area contributed by atoms with Gasteiger partial charge in [-0.3, -0.25) is 4.79 Å². The van der Waals surface area contributed by atoms with Crippen molar-refractivity contribution in [2.45, 2.75) is 13.0 Å². The second-order valence-electron chi connectivity index (χ2n) is 7.44. The third kappa shape index (κ3) is 4.61. The predicted octanol–water partition coefficient (Wildman–Crippen LogP) is 5.07. The summed E-state index contributed by atoms with van der Waals surface area (Å²) in [4.78, 5) is 16.6. The number of amides is 1. The first kappa shape index (κ1) is 21.8. The van der Waals surface area contributed by atoms with E-state index in [9.17, 15) is 9.90 Å². The molecular weight excluding hydrogens is 416 g/mol. The molecule has 7 heteroatoms. The van der Waals surface area contributed by atoms with Crippen molar-refractivity contribution in [3.05, 3.63) is 113 Å². The Morgan fingerprint density at radius 2 is 1.88 bits per heavy atom. The molecule has 3 aromatic carbocycles. The number of nitrogens with one attached hydrogen (secondary N) is 1. The van der Waals surface area contributed by atoms with Gasteiger partial charge in [0.25, 0.3) is 5.91 Å². The lowest BCUT2D eigenvalue weighted by molar-refractivity contribution is 0.101. The fourth-order valence-corrected chi connectivity index (χ4v) is 3.61. The molecule has 0 aliphatic carbocycles. The molecule has 0 saturated heterocycles. The van der Waals surface area contributed by atoms with Crippen molar-refractivity contribution in [1.29, 1.82) is 0 Å². The number of hydrogen-bond acceptors (Lipinski definition) is 4. The molecule has 1 unspecified atom stereocenters. The number of hydrogen-bond donors (Lipinski definition) is 2. The number of ether oxygens (including phenoxy) is 1. The van der Waals surface area contributed by atoms with Crippen LogP contribution in [0.5, 0.6) is 5.75 Å². The van der Waals surface area contributed by atoms with Crippen LogP contribution in [0.25, 0.3) is 10.5 Å². The van der Waals surface area contributed by atoms with Crippen LogP contribution in [-0.4, -0.2) is 27.9 Å². The quantitative estimate of drug-likeness (QED) is 0.412. The fraction of sp³-hybridized carbons (Fsp3) is 0.115. The minimum atomic E-state index is -0.915. The number of carbonyl (C=O) groups is 1. The van der Waals surface area contributed by atoms with Crippen molar-refractivity contribution >= 4 is 17.3 Å². The van der Waals surface area contributed by atoms with E-state index in [0.717, 1.165) is 0 Å². The molecule has 1 aromatic heterocycles. The second-order valence-corrected chi connectivity index (χ2v) is 7.44. The molecule has 0 aliphatic rings. The Hall–Kier alpha value is -4.41. The molecule has 1 heterocycles. The highest BCUT2D eigenvalue weighted by atomic mass is 16.5. The topological polar surface area (TPSA) is 80.7 Å². The minimum Gasteiger partial charge on any atom is -0.496 e. The minimum absolute atomic E-state index is 0.338. The molecule has 2 N–H and O–H groups in total. The zero-order valence-electron chi connectivity index (χ0n) is 18.2. The Morgan fingerprint density at radius 3 is 2.67 bits per heavy atom. The first-order valence-electron chi connectivity index (χ1n) is 10.3. The molecule has 4 rings (SSSR count). The van der Waals surface area contributed by atoms with Gasteiger partial charge in [-0.05, 0) is 48.9 Å². The highest BCUT2D eigenvalue weighted by Gasteiger charge is 2.18. The first-order valence-corrected chi connectivity index (χ1v) is 10.3. The average molecular weight is 438 g/mol. The lowest BCUT2D eigenvalue weighted by atomic mass is 10.00. The third-order valence-electron chi connectivity index (χ3n) is 5.16. The molecule has 0 spiro atoms. The van der Waals surface area contributed by atoms with Crippen molar-refractivity contribution in [3.63, 3.8) is 0 Å².